The third-order valence-electron chi connectivity index (χ3n) is 3.88. The maximum atomic E-state index is 14.2. The second-order valence-corrected chi connectivity index (χ2v) is 5.41. The number of benzene rings is 1. The fraction of sp³-hybridized carbons (Fsp3) is 0.400. The van der Waals surface area contributed by atoms with Gasteiger partial charge in [-0.1, -0.05) is 25.0 Å². The van der Waals surface area contributed by atoms with Crippen molar-refractivity contribution in [2.24, 2.45) is 5.73 Å². The first kappa shape index (κ1) is 14.6. The largest absolute Gasteiger partial charge is 0.373 e. The maximum Gasteiger partial charge on any atom is 0.271 e. The predicted molar refractivity (Wildman–Crippen MR) is 77.3 cm³/mol. The number of nitrogens with two attached hydrogens (primary N) is 1. The van der Waals surface area contributed by atoms with E-state index in [1.165, 1.54) is 18.9 Å². The molecule has 0 spiro atoms. The summed E-state index contributed by atoms with van der Waals surface area (Å²) >= 11 is 0. The Morgan fingerprint density at radius 3 is 2.82 bits per heavy atom. The second-order valence-electron chi connectivity index (χ2n) is 5.41. The molecule has 22 heavy (non-hydrogen) atoms. The first-order valence-electron chi connectivity index (χ1n) is 7.26. The van der Waals surface area contributed by atoms with Gasteiger partial charge in [0.25, 0.3) is 5.91 Å². The number of nitrogens with one attached hydrogen (secondary N) is 1. The summed E-state index contributed by atoms with van der Waals surface area (Å²) in [5.41, 5.74) is 6.38. The van der Waals surface area contributed by atoms with Crippen molar-refractivity contribution in [3.05, 3.63) is 35.3 Å². The number of carbonyl (C=O) groups is 1. The Bertz CT molecular complexity index is 680. The van der Waals surface area contributed by atoms with Gasteiger partial charge in [-0.15, -0.1) is 0 Å². The van der Waals surface area contributed by atoms with E-state index in [0.29, 0.717) is 11.1 Å². The number of aromatic nitrogens is 3. The highest BCUT2D eigenvalue weighted by atomic mass is 19.1. The lowest BCUT2D eigenvalue weighted by atomic mass is 10.1. The van der Waals surface area contributed by atoms with Gasteiger partial charge in [0.1, 0.15) is 11.5 Å². The molecule has 1 aromatic carbocycles. The number of ether oxygens (including phenoxy) is 1. The lowest BCUT2D eigenvalue weighted by molar-refractivity contribution is 0.0441. The summed E-state index contributed by atoms with van der Waals surface area (Å²) in [7, 11) is 0. The molecule has 7 heteroatoms. The third kappa shape index (κ3) is 2.99. The molecule has 1 heterocycles. The van der Waals surface area contributed by atoms with Crippen LogP contribution in [0, 0.1) is 5.82 Å². The van der Waals surface area contributed by atoms with E-state index in [1.807, 2.05) is 0 Å². The van der Waals surface area contributed by atoms with Crippen molar-refractivity contribution in [1.82, 2.24) is 15.4 Å². The van der Waals surface area contributed by atoms with Crippen LogP contribution in [0.25, 0.3) is 11.3 Å². The standard InChI is InChI=1S/C15H17FN4O2/c16-12-7-9(13-14(15(17)21)19-20-18-13)5-6-10(12)8-22-11-3-1-2-4-11/h5-7,11H,1-4,8H2,(H2,17,21)(H,18,19,20). The van der Waals surface area contributed by atoms with Crippen molar-refractivity contribution in [3.63, 3.8) is 0 Å². The van der Waals surface area contributed by atoms with Gasteiger partial charge in [0, 0.05) is 11.1 Å². The maximum absolute atomic E-state index is 14.2. The summed E-state index contributed by atoms with van der Waals surface area (Å²) in [5.74, 6) is -1.10. The summed E-state index contributed by atoms with van der Waals surface area (Å²) in [6, 6.07) is 4.64. The van der Waals surface area contributed by atoms with Crippen LogP contribution in [-0.4, -0.2) is 27.4 Å². The molecule has 3 rings (SSSR count). The van der Waals surface area contributed by atoms with Crippen LogP contribution in [0.5, 0.6) is 0 Å². The average Bonchev–Trinajstić information content (AvgIpc) is 3.17. The molecule has 2 aromatic rings. The van der Waals surface area contributed by atoms with Gasteiger partial charge in [-0.2, -0.15) is 15.4 Å². The normalized spacial score (nSPS) is 15.3. The molecular formula is C15H17FN4O2. The van der Waals surface area contributed by atoms with Crippen molar-refractivity contribution in [2.45, 2.75) is 38.4 Å². The Morgan fingerprint density at radius 2 is 2.14 bits per heavy atom. The molecule has 0 atom stereocenters. The Kier molecular flexibility index (Phi) is 4.15. The van der Waals surface area contributed by atoms with Gasteiger partial charge in [-0.3, -0.25) is 4.79 Å². The first-order valence-corrected chi connectivity index (χ1v) is 7.26. The van der Waals surface area contributed by atoms with E-state index in [0.717, 1.165) is 12.8 Å². The Morgan fingerprint density at radius 1 is 1.36 bits per heavy atom. The van der Waals surface area contributed by atoms with Gasteiger partial charge in [0.2, 0.25) is 0 Å². The Balaban J connectivity index is 1.76. The molecule has 1 aliphatic carbocycles. The summed E-state index contributed by atoms with van der Waals surface area (Å²) in [4.78, 5) is 11.2. The molecular weight excluding hydrogens is 287 g/mol. The van der Waals surface area contributed by atoms with Crippen molar-refractivity contribution in [1.29, 1.82) is 0 Å². The van der Waals surface area contributed by atoms with E-state index in [4.69, 9.17) is 10.5 Å². The van der Waals surface area contributed by atoms with Gasteiger partial charge in [0.05, 0.1) is 12.7 Å². The summed E-state index contributed by atoms with van der Waals surface area (Å²) in [6.45, 7) is 0.248. The highest BCUT2D eigenvalue weighted by molar-refractivity contribution is 5.96. The van der Waals surface area contributed by atoms with Gasteiger partial charge in [0.15, 0.2) is 5.69 Å². The van der Waals surface area contributed by atoms with E-state index in [-0.39, 0.29) is 24.1 Å². The van der Waals surface area contributed by atoms with E-state index < -0.39 is 11.7 Å². The summed E-state index contributed by atoms with van der Waals surface area (Å²) < 4.78 is 19.9. The summed E-state index contributed by atoms with van der Waals surface area (Å²) in [5, 5.41) is 9.85. The van der Waals surface area contributed by atoms with Crippen LogP contribution in [0.15, 0.2) is 18.2 Å². The average molecular weight is 304 g/mol. The molecule has 0 aliphatic heterocycles. The number of hydrogen-bond donors (Lipinski definition) is 2. The molecule has 0 unspecified atom stereocenters. The van der Waals surface area contributed by atoms with Gasteiger partial charge < -0.3 is 10.5 Å². The zero-order chi connectivity index (χ0) is 15.5. The van der Waals surface area contributed by atoms with Crippen LogP contribution in [0.2, 0.25) is 0 Å². The molecule has 6 nitrogen and oxygen atoms in total. The quantitative estimate of drug-likeness (QED) is 0.885. The fourth-order valence-corrected chi connectivity index (χ4v) is 2.68. The van der Waals surface area contributed by atoms with E-state index in [2.05, 4.69) is 15.4 Å². The molecule has 1 fully saturated rings. The number of nitrogens with zero attached hydrogens (tertiary/aromatic N) is 2. The second kappa shape index (κ2) is 6.23. The van der Waals surface area contributed by atoms with Crippen molar-refractivity contribution >= 4 is 5.91 Å². The van der Waals surface area contributed by atoms with Crippen LogP contribution in [0.1, 0.15) is 41.7 Å². The minimum Gasteiger partial charge on any atom is -0.373 e. The molecule has 1 aliphatic rings. The lowest BCUT2D eigenvalue weighted by Gasteiger charge is -2.12. The number of rotatable bonds is 5. The lowest BCUT2D eigenvalue weighted by Crippen LogP contribution is -2.13. The molecule has 116 valence electrons. The van der Waals surface area contributed by atoms with Crippen molar-refractivity contribution in [3.8, 4) is 11.3 Å². The smallest absolute Gasteiger partial charge is 0.271 e. The minimum atomic E-state index is -0.710. The number of amides is 1. The molecule has 1 amide bonds. The van der Waals surface area contributed by atoms with Crippen LogP contribution in [0.4, 0.5) is 4.39 Å². The van der Waals surface area contributed by atoms with Crippen molar-refractivity contribution in [2.75, 3.05) is 0 Å². The van der Waals surface area contributed by atoms with E-state index >= 15 is 0 Å². The molecule has 0 saturated heterocycles. The Hall–Kier alpha value is -2.28. The first-order chi connectivity index (χ1) is 10.6. The number of halogens is 1. The number of hydrogen-bond acceptors (Lipinski definition) is 4. The van der Waals surface area contributed by atoms with E-state index in [9.17, 15) is 9.18 Å². The molecule has 1 aromatic heterocycles. The topological polar surface area (TPSA) is 93.9 Å². The molecule has 0 radical (unpaired) electrons. The zero-order valence-electron chi connectivity index (χ0n) is 12.0. The van der Waals surface area contributed by atoms with Crippen molar-refractivity contribution < 1.29 is 13.9 Å². The van der Waals surface area contributed by atoms with Gasteiger partial charge in [-0.25, -0.2) is 4.39 Å². The van der Waals surface area contributed by atoms with Crippen LogP contribution in [-0.2, 0) is 11.3 Å². The minimum absolute atomic E-state index is 0.00523. The predicted octanol–water partition coefficient (Wildman–Crippen LogP) is 2.17. The van der Waals surface area contributed by atoms with Crippen LogP contribution >= 0.6 is 0 Å². The fourth-order valence-electron chi connectivity index (χ4n) is 2.68. The van der Waals surface area contributed by atoms with Gasteiger partial charge >= 0.3 is 0 Å². The zero-order valence-corrected chi connectivity index (χ0v) is 12.0. The summed E-state index contributed by atoms with van der Waals surface area (Å²) in [6.07, 6.45) is 4.67. The van der Waals surface area contributed by atoms with E-state index in [1.54, 1.807) is 12.1 Å². The van der Waals surface area contributed by atoms with Crippen LogP contribution < -0.4 is 5.73 Å². The third-order valence-corrected chi connectivity index (χ3v) is 3.88. The highest BCUT2D eigenvalue weighted by Gasteiger charge is 2.18. The van der Waals surface area contributed by atoms with Crippen LogP contribution in [0.3, 0.4) is 0 Å². The molecule has 0 bridgehead atoms. The highest BCUT2D eigenvalue weighted by Crippen LogP contribution is 2.25. The SMILES string of the molecule is NC(=O)c1n[nH]nc1-c1ccc(COC2CCCC2)c(F)c1. The number of primary amides is 1. The number of aromatic amines is 1. The monoisotopic (exact) mass is 304 g/mol. The molecule has 3 N–H and O–H groups in total. The molecule has 1 saturated carbocycles. The number of carbonyl (C=O) groups excluding carboxylic acids is 1. The Labute approximate surface area is 126 Å². The van der Waals surface area contributed by atoms with Gasteiger partial charge in [-0.05, 0) is 18.9 Å². The number of H-pyrrole nitrogens is 1.